The lowest BCUT2D eigenvalue weighted by Crippen LogP contribution is -2.10. The van der Waals surface area contributed by atoms with Gasteiger partial charge in [-0.15, -0.1) is 0 Å². The van der Waals surface area contributed by atoms with Gasteiger partial charge in [-0.05, 0) is 56.1 Å². The molecule has 0 saturated carbocycles. The number of nitrogens with one attached hydrogen (secondary N) is 2. The average Bonchev–Trinajstić information content (AvgIpc) is 3.30. The van der Waals surface area contributed by atoms with Crippen LogP contribution >= 0.6 is 0 Å². The van der Waals surface area contributed by atoms with Crippen molar-refractivity contribution in [2.75, 3.05) is 14.1 Å². The normalized spacial score (nSPS) is 11.7. The van der Waals surface area contributed by atoms with Crippen LogP contribution in [-0.4, -0.2) is 49.1 Å². The number of aromatic nitrogens is 6. The molecule has 28 heavy (non-hydrogen) atoms. The van der Waals surface area contributed by atoms with Gasteiger partial charge in [0.15, 0.2) is 0 Å². The first-order valence-corrected chi connectivity index (χ1v) is 9.05. The molecule has 138 valence electrons. The Labute approximate surface area is 161 Å². The number of aromatic amines is 2. The maximum Gasteiger partial charge on any atom is 0.137 e. The van der Waals surface area contributed by atoms with Crippen LogP contribution in [0.3, 0.4) is 0 Å². The van der Waals surface area contributed by atoms with Gasteiger partial charge in [0.05, 0.1) is 16.9 Å². The molecule has 5 rings (SSSR count). The van der Waals surface area contributed by atoms with E-state index in [2.05, 4.69) is 36.1 Å². The van der Waals surface area contributed by atoms with Crippen LogP contribution in [0.5, 0.6) is 0 Å². The molecule has 0 amide bonds. The lowest BCUT2D eigenvalue weighted by molar-refractivity contribution is 0.402. The summed E-state index contributed by atoms with van der Waals surface area (Å²) >= 11 is 0. The molecule has 0 aromatic carbocycles. The highest BCUT2D eigenvalue weighted by Crippen LogP contribution is 2.29. The fourth-order valence-corrected chi connectivity index (χ4v) is 3.41. The third-order valence-corrected chi connectivity index (χ3v) is 4.64. The molecule has 5 heterocycles. The summed E-state index contributed by atoms with van der Waals surface area (Å²) in [4.78, 5) is 19.1. The number of pyridine rings is 3. The smallest absolute Gasteiger partial charge is 0.137 e. The van der Waals surface area contributed by atoms with Gasteiger partial charge >= 0.3 is 0 Å². The minimum Gasteiger partial charge on any atom is -0.338 e. The van der Waals surface area contributed by atoms with Crippen molar-refractivity contribution in [3.63, 3.8) is 0 Å². The second-order valence-electron chi connectivity index (χ2n) is 7.11. The highest BCUT2D eigenvalue weighted by atomic mass is 15.1. The Morgan fingerprint density at radius 2 is 2.00 bits per heavy atom. The predicted molar refractivity (Wildman–Crippen MR) is 110 cm³/mol. The zero-order valence-corrected chi connectivity index (χ0v) is 15.6. The SMILES string of the molecule is CN(C)Cc1cncc(-c2ccc3[nH]nc(-c4cc5cccnc5[nH]4)c3n2)c1. The van der Waals surface area contributed by atoms with Crippen LogP contribution in [0.2, 0.25) is 0 Å². The molecule has 0 aliphatic rings. The van der Waals surface area contributed by atoms with Gasteiger partial charge in [0.2, 0.25) is 0 Å². The molecule has 5 aromatic heterocycles. The van der Waals surface area contributed by atoms with Crippen molar-refractivity contribution in [2.24, 2.45) is 0 Å². The molecule has 0 atom stereocenters. The number of H-pyrrole nitrogens is 2. The zero-order chi connectivity index (χ0) is 19.1. The first-order valence-electron chi connectivity index (χ1n) is 9.05. The molecular formula is C21H19N7. The van der Waals surface area contributed by atoms with E-state index in [1.165, 1.54) is 0 Å². The average molecular weight is 369 g/mol. The molecular weight excluding hydrogens is 350 g/mol. The first-order chi connectivity index (χ1) is 13.7. The van der Waals surface area contributed by atoms with Gasteiger partial charge in [-0.25, -0.2) is 9.97 Å². The van der Waals surface area contributed by atoms with Crippen LogP contribution in [0.4, 0.5) is 0 Å². The molecule has 0 bridgehead atoms. The third-order valence-electron chi connectivity index (χ3n) is 4.64. The molecule has 7 heteroatoms. The predicted octanol–water partition coefficient (Wildman–Crippen LogP) is 3.62. The van der Waals surface area contributed by atoms with Crippen molar-refractivity contribution < 1.29 is 0 Å². The molecule has 0 unspecified atom stereocenters. The van der Waals surface area contributed by atoms with E-state index in [9.17, 15) is 0 Å². The van der Waals surface area contributed by atoms with Gasteiger partial charge in [-0.3, -0.25) is 10.1 Å². The van der Waals surface area contributed by atoms with E-state index in [0.29, 0.717) is 0 Å². The van der Waals surface area contributed by atoms with Crippen molar-refractivity contribution >= 4 is 22.1 Å². The minimum absolute atomic E-state index is 0.784. The quantitative estimate of drug-likeness (QED) is 0.505. The Balaban J connectivity index is 1.60. The Morgan fingerprint density at radius 1 is 1.07 bits per heavy atom. The molecule has 0 spiro atoms. The second kappa shape index (κ2) is 6.54. The summed E-state index contributed by atoms with van der Waals surface area (Å²) in [5.41, 5.74) is 7.24. The van der Waals surface area contributed by atoms with E-state index in [1.807, 2.05) is 56.8 Å². The van der Waals surface area contributed by atoms with Gasteiger partial charge in [0, 0.05) is 36.1 Å². The van der Waals surface area contributed by atoms with Gasteiger partial charge < -0.3 is 9.88 Å². The largest absolute Gasteiger partial charge is 0.338 e. The summed E-state index contributed by atoms with van der Waals surface area (Å²) in [6.45, 7) is 0.835. The van der Waals surface area contributed by atoms with Crippen LogP contribution in [0.15, 0.2) is 55.0 Å². The van der Waals surface area contributed by atoms with E-state index < -0.39 is 0 Å². The highest BCUT2D eigenvalue weighted by Gasteiger charge is 2.14. The van der Waals surface area contributed by atoms with Crippen LogP contribution in [0, 0.1) is 0 Å². The Morgan fingerprint density at radius 3 is 2.86 bits per heavy atom. The second-order valence-corrected chi connectivity index (χ2v) is 7.11. The van der Waals surface area contributed by atoms with Gasteiger partial charge in [0.25, 0.3) is 0 Å². The van der Waals surface area contributed by atoms with E-state index in [0.717, 1.165) is 56.8 Å². The number of hydrogen-bond acceptors (Lipinski definition) is 5. The minimum atomic E-state index is 0.784. The van der Waals surface area contributed by atoms with Crippen LogP contribution in [0.1, 0.15) is 5.56 Å². The van der Waals surface area contributed by atoms with Gasteiger partial charge in [-0.2, -0.15) is 5.10 Å². The fraction of sp³-hybridized carbons (Fsp3) is 0.143. The molecule has 0 radical (unpaired) electrons. The van der Waals surface area contributed by atoms with Crippen molar-refractivity contribution in [1.82, 2.24) is 35.0 Å². The van der Waals surface area contributed by atoms with Crippen LogP contribution < -0.4 is 0 Å². The topological polar surface area (TPSA) is 86.4 Å². The lowest BCUT2D eigenvalue weighted by atomic mass is 10.1. The van der Waals surface area contributed by atoms with E-state index in [1.54, 1.807) is 6.20 Å². The van der Waals surface area contributed by atoms with E-state index in [4.69, 9.17) is 4.98 Å². The summed E-state index contributed by atoms with van der Waals surface area (Å²) in [6.07, 6.45) is 5.51. The highest BCUT2D eigenvalue weighted by molar-refractivity contribution is 5.93. The van der Waals surface area contributed by atoms with Crippen molar-refractivity contribution in [2.45, 2.75) is 6.54 Å². The van der Waals surface area contributed by atoms with Crippen molar-refractivity contribution in [1.29, 1.82) is 0 Å². The lowest BCUT2D eigenvalue weighted by Gasteiger charge is -2.10. The maximum atomic E-state index is 4.88. The monoisotopic (exact) mass is 369 g/mol. The molecule has 2 N–H and O–H groups in total. The summed E-state index contributed by atoms with van der Waals surface area (Å²) in [7, 11) is 4.09. The fourth-order valence-electron chi connectivity index (χ4n) is 3.41. The molecule has 7 nitrogen and oxygen atoms in total. The molecule has 0 fully saturated rings. The Bertz CT molecular complexity index is 1250. The number of hydrogen-bond donors (Lipinski definition) is 2. The van der Waals surface area contributed by atoms with Gasteiger partial charge in [-0.1, -0.05) is 0 Å². The summed E-state index contributed by atoms with van der Waals surface area (Å²) in [5, 5.41) is 8.60. The third kappa shape index (κ3) is 2.91. The summed E-state index contributed by atoms with van der Waals surface area (Å²) < 4.78 is 0. The van der Waals surface area contributed by atoms with Gasteiger partial charge in [0.1, 0.15) is 16.9 Å². The number of rotatable bonds is 4. The Kier molecular flexibility index (Phi) is 3.87. The summed E-state index contributed by atoms with van der Waals surface area (Å²) in [5.74, 6) is 0. The van der Waals surface area contributed by atoms with Crippen molar-refractivity contribution in [3.8, 4) is 22.6 Å². The molecule has 5 aromatic rings. The molecule has 0 aliphatic carbocycles. The molecule has 0 saturated heterocycles. The summed E-state index contributed by atoms with van der Waals surface area (Å²) in [6, 6.07) is 12.1. The first kappa shape index (κ1) is 16.6. The Hall–Kier alpha value is -3.58. The number of nitrogens with zero attached hydrogens (tertiary/aromatic N) is 5. The van der Waals surface area contributed by atoms with E-state index >= 15 is 0 Å². The maximum absolute atomic E-state index is 4.88. The van der Waals surface area contributed by atoms with Crippen molar-refractivity contribution in [3.05, 3.63) is 60.6 Å². The zero-order valence-electron chi connectivity index (χ0n) is 15.6. The number of fused-ring (bicyclic) bond motifs is 2. The van der Waals surface area contributed by atoms with Crippen LogP contribution in [-0.2, 0) is 6.54 Å². The standard InChI is InChI=1S/C21H19N7/c1-28(2)12-13-8-15(11-22-10-13)16-5-6-17-19(24-16)20(27-26-17)18-9-14-4-3-7-23-21(14)25-18/h3-11H,12H2,1-2H3,(H,23,25)(H,26,27). The molecule has 0 aliphatic heterocycles. The van der Waals surface area contributed by atoms with E-state index in [-0.39, 0.29) is 0 Å². The van der Waals surface area contributed by atoms with Crippen LogP contribution in [0.25, 0.3) is 44.7 Å².